The van der Waals surface area contributed by atoms with Gasteiger partial charge in [-0.2, -0.15) is 0 Å². The SMILES string of the molecule is COc1ccc(/C=C/C(=O)c2cccc(Br)c2)cc1COc1c(C)cccc1C. The standard InChI is InChI=1S/C25H23BrO3/c1-17-6-4-7-18(2)25(17)29-16-21-14-19(11-13-24(21)28-3)10-12-23(27)20-8-5-9-22(26)15-20/h4-15H,16H2,1-3H3/b12-10+. The van der Waals surface area contributed by atoms with Gasteiger partial charge in [0.15, 0.2) is 5.78 Å². The van der Waals surface area contributed by atoms with Gasteiger partial charge in [-0.1, -0.05) is 58.4 Å². The molecule has 0 unspecified atom stereocenters. The normalized spacial score (nSPS) is 10.9. The number of para-hydroxylation sites is 1. The fourth-order valence-electron chi connectivity index (χ4n) is 3.10. The predicted octanol–water partition coefficient (Wildman–Crippen LogP) is 6.55. The smallest absolute Gasteiger partial charge is 0.185 e. The zero-order chi connectivity index (χ0) is 20.8. The fraction of sp³-hybridized carbons (Fsp3) is 0.160. The van der Waals surface area contributed by atoms with E-state index in [0.29, 0.717) is 12.2 Å². The Morgan fingerprint density at radius 3 is 2.41 bits per heavy atom. The summed E-state index contributed by atoms with van der Waals surface area (Å²) in [7, 11) is 1.64. The molecule has 0 aromatic heterocycles. The number of carbonyl (C=O) groups excluding carboxylic acids is 1. The number of hydrogen-bond donors (Lipinski definition) is 0. The minimum absolute atomic E-state index is 0.0459. The van der Waals surface area contributed by atoms with Crippen molar-refractivity contribution in [3.8, 4) is 11.5 Å². The van der Waals surface area contributed by atoms with Gasteiger partial charge in [0.25, 0.3) is 0 Å². The third-order valence-corrected chi connectivity index (χ3v) is 5.11. The van der Waals surface area contributed by atoms with Gasteiger partial charge in [-0.05, 0) is 60.9 Å². The molecule has 0 saturated carbocycles. The van der Waals surface area contributed by atoms with E-state index >= 15 is 0 Å². The molecule has 0 aliphatic carbocycles. The molecule has 148 valence electrons. The van der Waals surface area contributed by atoms with Crippen molar-refractivity contribution in [2.75, 3.05) is 7.11 Å². The number of benzene rings is 3. The third-order valence-electron chi connectivity index (χ3n) is 4.62. The molecule has 0 spiro atoms. The highest BCUT2D eigenvalue weighted by Crippen LogP contribution is 2.27. The molecule has 3 aromatic carbocycles. The predicted molar refractivity (Wildman–Crippen MR) is 121 cm³/mol. The van der Waals surface area contributed by atoms with E-state index in [0.717, 1.165) is 38.2 Å². The first kappa shape index (κ1) is 20.9. The second-order valence-electron chi connectivity index (χ2n) is 6.79. The Morgan fingerprint density at radius 2 is 1.72 bits per heavy atom. The summed E-state index contributed by atoms with van der Waals surface area (Å²) >= 11 is 3.39. The summed E-state index contributed by atoms with van der Waals surface area (Å²) in [4.78, 5) is 12.4. The number of methoxy groups -OCH3 is 1. The third kappa shape index (κ3) is 5.36. The zero-order valence-electron chi connectivity index (χ0n) is 16.7. The van der Waals surface area contributed by atoms with Gasteiger partial charge in [0.1, 0.15) is 18.1 Å². The summed E-state index contributed by atoms with van der Waals surface area (Å²) in [5, 5.41) is 0. The van der Waals surface area contributed by atoms with E-state index in [-0.39, 0.29) is 5.78 Å². The minimum atomic E-state index is -0.0459. The molecule has 0 radical (unpaired) electrons. The van der Waals surface area contributed by atoms with Crippen molar-refractivity contribution in [2.24, 2.45) is 0 Å². The first-order valence-corrected chi connectivity index (χ1v) is 10.1. The summed E-state index contributed by atoms with van der Waals surface area (Å²) in [6, 6.07) is 19.2. The molecule has 0 N–H and O–H groups in total. The largest absolute Gasteiger partial charge is 0.496 e. The molecule has 3 aromatic rings. The molecule has 29 heavy (non-hydrogen) atoms. The van der Waals surface area contributed by atoms with Crippen LogP contribution >= 0.6 is 15.9 Å². The van der Waals surface area contributed by atoms with E-state index in [9.17, 15) is 4.79 Å². The first-order chi connectivity index (χ1) is 14.0. The number of rotatable bonds is 7. The number of halogens is 1. The van der Waals surface area contributed by atoms with Gasteiger partial charge in [-0.3, -0.25) is 4.79 Å². The van der Waals surface area contributed by atoms with Crippen LogP contribution in [-0.2, 0) is 6.61 Å². The van der Waals surface area contributed by atoms with Crippen LogP contribution in [0.1, 0.15) is 32.6 Å². The lowest BCUT2D eigenvalue weighted by molar-refractivity contribution is 0.104. The molecule has 3 nitrogen and oxygen atoms in total. The molecule has 0 aliphatic heterocycles. The molecule has 0 heterocycles. The van der Waals surface area contributed by atoms with Crippen LogP contribution in [0.4, 0.5) is 0 Å². The van der Waals surface area contributed by atoms with Crippen LogP contribution in [0.2, 0.25) is 0 Å². The van der Waals surface area contributed by atoms with Crippen LogP contribution in [0.3, 0.4) is 0 Å². The van der Waals surface area contributed by atoms with E-state index in [4.69, 9.17) is 9.47 Å². The van der Waals surface area contributed by atoms with Gasteiger partial charge >= 0.3 is 0 Å². The quantitative estimate of drug-likeness (QED) is 0.302. The minimum Gasteiger partial charge on any atom is -0.496 e. The number of ether oxygens (including phenoxy) is 2. The maximum absolute atomic E-state index is 12.4. The number of hydrogen-bond acceptors (Lipinski definition) is 3. The number of aryl methyl sites for hydroxylation is 2. The van der Waals surface area contributed by atoms with E-state index in [1.807, 2.05) is 74.5 Å². The Kier molecular flexibility index (Phi) is 6.89. The average Bonchev–Trinajstić information content (AvgIpc) is 2.71. The van der Waals surface area contributed by atoms with Gasteiger partial charge in [0.2, 0.25) is 0 Å². The molecular formula is C25H23BrO3. The van der Waals surface area contributed by atoms with Crippen molar-refractivity contribution >= 4 is 27.8 Å². The van der Waals surface area contributed by atoms with Crippen LogP contribution < -0.4 is 9.47 Å². The second kappa shape index (κ2) is 9.57. The van der Waals surface area contributed by atoms with E-state index in [2.05, 4.69) is 15.9 Å². The molecular weight excluding hydrogens is 428 g/mol. The van der Waals surface area contributed by atoms with Crippen LogP contribution in [0.25, 0.3) is 6.08 Å². The highest BCUT2D eigenvalue weighted by atomic mass is 79.9. The lowest BCUT2D eigenvalue weighted by atomic mass is 10.1. The van der Waals surface area contributed by atoms with Crippen molar-refractivity contribution in [2.45, 2.75) is 20.5 Å². The Hall–Kier alpha value is -2.85. The van der Waals surface area contributed by atoms with Crippen LogP contribution in [0.15, 0.2) is 71.2 Å². The Bertz CT molecular complexity index is 1030. The van der Waals surface area contributed by atoms with Crippen LogP contribution in [-0.4, -0.2) is 12.9 Å². The maximum atomic E-state index is 12.4. The Balaban J connectivity index is 1.79. The van der Waals surface area contributed by atoms with Crippen molar-refractivity contribution < 1.29 is 14.3 Å². The highest BCUT2D eigenvalue weighted by Gasteiger charge is 2.08. The highest BCUT2D eigenvalue weighted by molar-refractivity contribution is 9.10. The van der Waals surface area contributed by atoms with Gasteiger partial charge in [0.05, 0.1) is 7.11 Å². The monoisotopic (exact) mass is 450 g/mol. The number of ketones is 1. The second-order valence-corrected chi connectivity index (χ2v) is 7.70. The number of allylic oxidation sites excluding steroid dienone is 1. The summed E-state index contributed by atoms with van der Waals surface area (Å²) in [5.74, 6) is 1.60. The summed E-state index contributed by atoms with van der Waals surface area (Å²) in [6.45, 7) is 4.45. The molecule has 0 aliphatic rings. The molecule has 0 atom stereocenters. The Labute approximate surface area is 180 Å². The van der Waals surface area contributed by atoms with Gasteiger partial charge < -0.3 is 9.47 Å². The van der Waals surface area contributed by atoms with E-state index in [1.165, 1.54) is 0 Å². The molecule has 0 amide bonds. The lowest BCUT2D eigenvalue weighted by Gasteiger charge is -2.14. The van der Waals surface area contributed by atoms with Crippen molar-refractivity contribution in [1.29, 1.82) is 0 Å². The van der Waals surface area contributed by atoms with Gasteiger partial charge in [-0.15, -0.1) is 0 Å². The fourth-order valence-corrected chi connectivity index (χ4v) is 3.50. The van der Waals surface area contributed by atoms with Gasteiger partial charge in [0, 0.05) is 15.6 Å². The summed E-state index contributed by atoms with van der Waals surface area (Å²) < 4.78 is 12.4. The average molecular weight is 451 g/mol. The van der Waals surface area contributed by atoms with Crippen molar-refractivity contribution in [3.05, 3.63) is 99.0 Å². The summed E-state index contributed by atoms with van der Waals surface area (Å²) in [5.41, 5.74) is 4.67. The van der Waals surface area contributed by atoms with E-state index in [1.54, 1.807) is 19.3 Å². The van der Waals surface area contributed by atoms with Crippen molar-refractivity contribution in [1.82, 2.24) is 0 Å². The Morgan fingerprint density at radius 1 is 1.00 bits per heavy atom. The molecule has 0 bridgehead atoms. The molecule has 3 rings (SSSR count). The first-order valence-electron chi connectivity index (χ1n) is 9.32. The van der Waals surface area contributed by atoms with E-state index < -0.39 is 0 Å². The number of carbonyl (C=O) groups is 1. The maximum Gasteiger partial charge on any atom is 0.185 e. The topological polar surface area (TPSA) is 35.5 Å². The lowest BCUT2D eigenvalue weighted by Crippen LogP contribution is -2.01. The van der Waals surface area contributed by atoms with Crippen LogP contribution in [0, 0.1) is 13.8 Å². The molecule has 4 heteroatoms. The summed E-state index contributed by atoms with van der Waals surface area (Å²) in [6.07, 6.45) is 3.39. The van der Waals surface area contributed by atoms with Crippen LogP contribution in [0.5, 0.6) is 11.5 Å². The van der Waals surface area contributed by atoms with Gasteiger partial charge in [-0.25, -0.2) is 0 Å². The zero-order valence-corrected chi connectivity index (χ0v) is 18.3. The van der Waals surface area contributed by atoms with Crippen molar-refractivity contribution in [3.63, 3.8) is 0 Å². The molecule has 0 fully saturated rings. The molecule has 0 saturated heterocycles.